The van der Waals surface area contributed by atoms with Crippen LogP contribution in [0.3, 0.4) is 0 Å². The van der Waals surface area contributed by atoms with Gasteiger partial charge in [0.05, 0.1) is 15.9 Å². The van der Waals surface area contributed by atoms with E-state index in [0.29, 0.717) is 15.7 Å². The van der Waals surface area contributed by atoms with Crippen molar-refractivity contribution >= 4 is 51.1 Å². The second-order valence-electron chi connectivity index (χ2n) is 7.00. The number of aryl methyl sites for hydroxylation is 1. The second-order valence-corrected chi connectivity index (χ2v) is 8.28. The van der Waals surface area contributed by atoms with E-state index >= 15 is 0 Å². The molecule has 1 aliphatic rings. The fourth-order valence-electron chi connectivity index (χ4n) is 3.60. The molecular formula is C24H19N3O2S2. The highest BCUT2D eigenvalue weighted by Gasteiger charge is 2.35. The van der Waals surface area contributed by atoms with E-state index < -0.39 is 0 Å². The molecule has 1 N–H and O–H groups in total. The highest BCUT2D eigenvalue weighted by molar-refractivity contribution is 8.17. The third-order valence-corrected chi connectivity index (χ3v) is 6.13. The first-order valence-corrected chi connectivity index (χ1v) is 10.9. The second kappa shape index (κ2) is 9.24. The molecule has 3 aromatic rings. The molecule has 1 heterocycles. The Labute approximate surface area is 190 Å². The number of hydrogen-bond acceptors (Lipinski definition) is 4. The van der Waals surface area contributed by atoms with Crippen molar-refractivity contribution in [2.75, 3.05) is 5.32 Å². The molecule has 0 amide bonds. The summed E-state index contributed by atoms with van der Waals surface area (Å²) >= 11 is 6.93. The van der Waals surface area contributed by atoms with Crippen LogP contribution in [0.1, 0.15) is 22.6 Å². The van der Waals surface area contributed by atoms with E-state index in [1.165, 1.54) is 11.8 Å². The molecule has 0 saturated carbocycles. The fraction of sp³-hybridized carbons (Fsp3) is 0.0833. The summed E-state index contributed by atoms with van der Waals surface area (Å²) in [5, 5.41) is 18.0. The van der Waals surface area contributed by atoms with Gasteiger partial charge in [0.25, 0.3) is 5.69 Å². The summed E-state index contributed by atoms with van der Waals surface area (Å²) in [6.07, 6.45) is 0. The van der Waals surface area contributed by atoms with E-state index in [1.807, 2.05) is 79.1 Å². The first-order valence-electron chi connectivity index (χ1n) is 9.65. The normalized spacial score (nSPS) is 16.7. The van der Waals surface area contributed by atoms with Gasteiger partial charge >= 0.3 is 0 Å². The summed E-state index contributed by atoms with van der Waals surface area (Å²) in [5.74, 6) is -0.371. The van der Waals surface area contributed by atoms with Crippen molar-refractivity contribution in [2.45, 2.75) is 12.8 Å². The van der Waals surface area contributed by atoms with Gasteiger partial charge in [0.15, 0.2) is 5.11 Å². The zero-order valence-electron chi connectivity index (χ0n) is 16.7. The lowest BCUT2D eigenvalue weighted by Crippen LogP contribution is -2.15. The summed E-state index contributed by atoms with van der Waals surface area (Å²) in [5.41, 5.74) is 4.40. The molecule has 1 atom stereocenters. The number of nitro groups is 1. The number of nitrogens with zero attached hydrogens (tertiary/aromatic N) is 2. The summed E-state index contributed by atoms with van der Waals surface area (Å²) in [4.78, 5) is 16.2. The van der Waals surface area contributed by atoms with Crippen LogP contribution >= 0.6 is 24.0 Å². The van der Waals surface area contributed by atoms with Crippen molar-refractivity contribution in [1.29, 1.82) is 0 Å². The van der Waals surface area contributed by atoms with Crippen molar-refractivity contribution in [3.63, 3.8) is 0 Å². The number of aliphatic imine (C=N–C) groups is 1. The van der Waals surface area contributed by atoms with Crippen molar-refractivity contribution in [1.82, 2.24) is 0 Å². The van der Waals surface area contributed by atoms with E-state index in [2.05, 4.69) is 10.3 Å². The van der Waals surface area contributed by atoms with Gasteiger partial charge in [-0.05, 0) is 53.4 Å². The topological polar surface area (TPSA) is 67.5 Å². The average Bonchev–Trinajstić information content (AvgIpc) is 3.17. The van der Waals surface area contributed by atoms with Crippen molar-refractivity contribution in [2.24, 2.45) is 4.99 Å². The Morgan fingerprint density at radius 3 is 2.39 bits per heavy atom. The number of nitrogens with one attached hydrogen (secondary N) is 1. The van der Waals surface area contributed by atoms with Gasteiger partial charge < -0.3 is 5.32 Å². The maximum atomic E-state index is 11.8. The number of para-hydroxylation sites is 1. The Hall–Kier alpha value is -3.29. The van der Waals surface area contributed by atoms with Gasteiger partial charge in [0.2, 0.25) is 0 Å². The van der Waals surface area contributed by atoms with Crippen molar-refractivity contribution in [3.8, 4) is 0 Å². The zero-order valence-corrected chi connectivity index (χ0v) is 18.3. The van der Waals surface area contributed by atoms with E-state index in [9.17, 15) is 10.1 Å². The van der Waals surface area contributed by atoms with Gasteiger partial charge in [-0.2, -0.15) is 0 Å². The molecule has 7 heteroatoms. The van der Waals surface area contributed by atoms with Crippen LogP contribution in [0.2, 0.25) is 0 Å². The van der Waals surface area contributed by atoms with Crippen LogP contribution < -0.4 is 5.32 Å². The number of thioether (sulfide) groups is 1. The lowest BCUT2D eigenvalue weighted by molar-refractivity contribution is -0.385. The standard InChI is InChI=1S/C24H19N3O2S2/c1-16-9-8-14-20(27(28)29)21(16)22-19(17-10-4-2-5-11-17)15-31-23(22)26-24(30)25-18-12-6-3-7-13-18/h2-15,22H,1H3,(H,25,30)/b26-23-. The molecule has 0 spiro atoms. The predicted molar refractivity (Wildman–Crippen MR) is 133 cm³/mol. The number of allylic oxidation sites excluding steroid dienone is 1. The third kappa shape index (κ3) is 4.57. The van der Waals surface area contributed by atoms with Gasteiger partial charge in [-0.1, -0.05) is 72.4 Å². The number of hydrogen-bond donors (Lipinski definition) is 1. The largest absolute Gasteiger partial charge is 0.331 e. The molecule has 0 saturated heterocycles. The quantitative estimate of drug-likeness (QED) is 0.279. The third-order valence-electron chi connectivity index (χ3n) is 4.99. The zero-order chi connectivity index (χ0) is 21.8. The van der Waals surface area contributed by atoms with Crippen LogP contribution in [0.15, 0.2) is 89.3 Å². The van der Waals surface area contributed by atoms with Gasteiger partial charge in [0, 0.05) is 17.3 Å². The molecule has 0 fully saturated rings. The van der Waals surface area contributed by atoms with Gasteiger partial charge in [-0.25, -0.2) is 4.99 Å². The summed E-state index contributed by atoms with van der Waals surface area (Å²) in [6, 6.07) is 24.6. The Kier molecular flexibility index (Phi) is 6.25. The first kappa shape index (κ1) is 21.0. The van der Waals surface area contributed by atoms with Crippen LogP contribution in [0.4, 0.5) is 11.4 Å². The Morgan fingerprint density at radius 2 is 1.71 bits per heavy atom. The van der Waals surface area contributed by atoms with Gasteiger partial charge in [0.1, 0.15) is 0 Å². The highest BCUT2D eigenvalue weighted by atomic mass is 32.2. The fourth-order valence-corrected chi connectivity index (χ4v) is 4.92. The van der Waals surface area contributed by atoms with Crippen LogP contribution in [0.25, 0.3) is 5.57 Å². The molecule has 5 nitrogen and oxygen atoms in total. The lowest BCUT2D eigenvalue weighted by Gasteiger charge is -2.19. The summed E-state index contributed by atoms with van der Waals surface area (Å²) in [7, 11) is 0. The van der Waals surface area contributed by atoms with Crippen LogP contribution in [0, 0.1) is 17.0 Å². The van der Waals surface area contributed by atoms with Crippen LogP contribution in [-0.4, -0.2) is 15.1 Å². The van der Waals surface area contributed by atoms with Crippen LogP contribution in [0.5, 0.6) is 0 Å². The molecule has 31 heavy (non-hydrogen) atoms. The van der Waals surface area contributed by atoms with Crippen molar-refractivity contribution in [3.05, 3.63) is 111 Å². The SMILES string of the molecule is Cc1cccc([N+](=O)[O-])c1C1C(c2ccccc2)=CS/C1=N\C(=S)Nc1ccccc1. The monoisotopic (exact) mass is 445 g/mol. The number of anilines is 1. The molecule has 4 rings (SSSR count). The molecule has 0 bridgehead atoms. The van der Waals surface area contributed by atoms with E-state index in [1.54, 1.807) is 12.1 Å². The summed E-state index contributed by atoms with van der Waals surface area (Å²) in [6.45, 7) is 1.89. The van der Waals surface area contributed by atoms with E-state index in [-0.39, 0.29) is 16.5 Å². The molecule has 154 valence electrons. The molecule has 0 radical (unpaired) electrons. The Bertz CT molecular complexity index is 1190. The number of rotatable bonds is 4. The smallest absolute Gasteiger partial charge is 0.273 e. The maximum Gasteiger partial charge on any atom is 0.273 e. The summed E-state index contributed by atoms with van der Waals surface area (Å²) < 4.78 is 0. The molecule has 3 aromatic carbocycles. The Morgan fingerprint density at radius 1 is 1.03 bits per heavy atom. The molecule has 0 aliphatic carbocycles. The predicted octanol–water partition coefficient (Wildman–Crippen LogP) is 6.57. The maximum absolute atomic E-state index is 11.8. The highest BCUT2D eigenvalue weighted by Crippen LogP contribution is 2.47. The van der Waals surface area contributed by atoms with Gasteiger partial charge in [-0.15, -0.1) is 0 Å². The minimum Gasteiger partial charge on any atom is -0.331 e. The van der Waals surface area contributed by atoms with Crippen molar-refractivity contribution < 1.29 is 4.92 Å². The Balaban J connectivity index is 1.78. The van der Waals surface area contributed by atoms with E-state index in [0.717, 1.165) is 22.4 Å². The van der Waals surface area contributed by atoms with Gasteiger partial charge in [-0.3, -0.25) is 10.1 Å². The molecular weight excluding hydrogens is 426 g/mol. The lowest BCUT2D eigenvalue weighted by atomic mass is 9.85. The minimum absolute atomic E-state index is 0.0870. The number of thiocarbonyl (C=S) groups is 1. The number of nitro benzene ring substituents is 1. The minimum atomic E-state index is -0.371. The number of benzene rings is 3. The molecule has 1 unspecified atom stereocenters. The van der Waals surface area contributed by atoms with Crippen LogP contribution in [-0.2, 0) is 0 Å². The molecule has 0 aromatic heterocycles. The molecule has 1 aliphatic heterocycles. The average molecular weight is 446 g/mol. The first-order chi connectivity index (χ1) is 15.0. The van der Waals surface area contributed by atoms with E-state index in [4.69, 9.17) is 12.2 Å².